The predicted octanol–water partition coefficient (Wildman–Crippen LogP) is 4.64. The Morgan fingerprint density at radius 1 is 1.10 bits per heavy atom. The standard InChI is InChI=1S/C24H26N2O4S/c1-2-3-14-30-19-10-8-18(9-11-19)26-22(27)15-21(24(26)29)31-20-12-6-17(7-13-20)25-23(28)16-4-5-16/h6-13,16,21H,2-5,14-15H2,1H3,(H,25,28). The minimum Gasteiger partial charge on any atom is -0.494 e. The summed E-state index contributed by atoms with van der Waals surface area (Å²) in [7, 11) is 0. The fourth-order valence-corrected chi connectivity index (χ4v) is 4.42. The van der Waals surface area contributed by atoms with Gasteiger partial charge in [0.1, 0.15) is 5.75 Å². The van der Waals surface area contributed by atoms with E-state index in [1.54, 1.807) is 24.3 Å². The molecule has 1 saturated heterocycles. The van der Waals surface area contributed by atoms with Gasteiger partial charge in [-0.05, 0) is 67.8 Å². The number of hydrogen-bond donors (Lipinski definition) is 1. The molecule has 0 aromatic heterocycles. The van der Waals surface area contributed by atoms with Crippen molar-refractivity contribution in [3.8, 4) is 5.75 Å². The van der Waals surface area contributed by atoms with Crippen LogP contribution >= 0.6 is 11.8 Å². The van der Waals surface area contributed by atoms with Crippen LogP contribution in [0.1, 0.15) is 39.0 Å². The first kappa shape index (κ1) is 21.4. The van der Waals surface area contributed by atoms with E-state index in [1.807, 2.05) is 24.3 Å². The molecule has 6 nitrogen and oxygen atoms in total. The molecule has 1 aliphatic carbocycles. The molecule has 4 rings (SSSR count). The summed E-state index contributed by atoms with van der Waals surface area (Å²) in [6, 6.07) is 14.5. The van der Waals surface area contributed by atoms with Crippen LogP contribution in [0.15, 0.2) is 53.4 Å². The van der Waals surface area contributed by atoms with Gasteiger partial charge < -0.3 is 10.1 Å². The summed E-state index contributed by atoms with van der Waals surface area (Å²) in [4.78, 5) is 39.5. The molecular formula is C24H26N2O4S. The van der Waals surface area contributed by atoms with Gasteiger partial charge in [-0.3, -0.25) is 14.4 Å². The molecule has 0 radical (unpaired) electrons. The van der Waals surface area contributed by atoms with Crippen LogP contribution in [0.2, 0.25) is 0 Å². The summed E-state index contributed by atoms with van der Waals surface area (Å²) >= 11 is 1.38. The lowest BCUT2D eigenvalue weighted by Crippen LogP contribution is -2.31. The van der Waals surface area contributed by atoms with Gasteiger partial charge in [-0.25, -0.2) is 4.90 Å². The summed E-state index contributed by atoms with van der Waals surface area (Å²) in [5.41, 5.74) is 1.32. The molecule has 2 fully saturated rings. The number of hydrogen-bond acceptors (Lipinski definition) is 5. The number of benzene rings is 2. The highest BCUT2D eigenvalue weighted by molar-refractivity contribution is 8.00. The van der Waals surface area contributed by atoms with Gasteiger partial charge in [-0.2, -0.15) is 0 Å². The van der Waals surface area contributed by atoms with Crippen LogP contribution in [-0.2, 0) is 14.4 Å². The molecule has 0 bridgehead atoms. The fraction of sp³-hybridized carbons (Fsp3) is 0.375. The van der Waals surface area contributed by atoms with Crippen LogP contribution in [0.3, 0.4) is 0 Å². The van der Waals surface area contributed by atoms with Gasteiger partial charge in [0.25, 0.3) is 0 Å². The average molecular weight is 439 g/mol. The van der Waals surface area contributed by atoms with Gasteiger partial charge in [0.15, 0.2) is 0 Å². The van der Waals surface area contributed by atoms with Crippen molar-refractivity contribution in [2.45, 2.75) is 49.2 Å². The van der Waals surface area contributed by atoms with Gasteiger partial charge in [0.05, 0.1) is 17.5 Å². The highest BCUT2D eigenvalue weighted by Gasteiger charge is 2.40. The third-order valence-electron chi connectivity index (χ3n) is 5.32. The van der Waals surface area contributed by atoms with E-state index in [2.05, 4.69) is 12.2 Å². The molecule has 0 spiro atoms. The highest BCUT2D eigenvalue weighted by atomic mass is 32.2. The number of anilines is 2. The molecule has 31 heavy (non-hydrogen) atoms. The Bertz CT molecular complexity index is 955. The van der Waals surface area contributed by atoms with Crippen LogP contribution in [0, 0.1) is 5.92 Å². The second-order valence-electron chi connectivity index (χ2n) is 7.86. The van der Waals surface area contributed by atoms with Crippen molar-refractivity contribution in [1.29, 1.82) is 0 Å². The Labute approximate surface area is 186 Å². The molecule has 1 heterocycles. The van der Waals surface area contributed by atoms with Crippen LogP contribution in [-0.4, -0.2) is 29.6 Å². The largest absolute Gasteiger partial charge is 0.494 e. The SMILES string of the molecule is CCCCOc1ccc(N2C(=O)CC(Sc3ccc(NC(=O)C4CC4)cc3)C2=O)cc1. The first-order valence-electron chi connectivity index (χ1n) is 10.7. The van der Waals surface area contributed by atoms with Crippen LogP contribution in [0.4, 0.5) is 11.4 Å². The quantitative estimate of drug-likeness (QED) is 0.456. The smallest absolute Gasteiger partial charge is 0.247 e. The Hall–Kier alpha value is -2.80. The number of imide groups is 1. The van der Waals surface area contributed by atoms with Gasteiger partial charge >= 0.3 is 0 Å². The summed E-state index contributed by atoms with van der Waals surface area (Å²) in [6.07, 6.45) is 4.13. The number of amides is 3. The minimum absolute atomic E-state index is 0.0643. The Morgan fingerprint density at radius 2 is 1.81 bits per heavy atom. The second kappa shape index (κ2) is 9.56. The van der Waals surface area contributed by atoms with Crippen molar-refractivity contribution in [2.24, 2.45) is 5.92 Å². The topological polar surface area (TPSA) is 75.7 Å². The summed E-state index contributed by atoms with van der Waals surface area (Å²) in [5, 5.41) is 2.44. The molecule has 3 amide bonds. The van der Waals surface area contributed by atoms with Crippen molar-refractivity contribution in [3.63, 3.8) is 0 Å². The van der Waals surface area contributed by atoms with Crippen molar-refractivity contribution >= 4 is 40.9 Å². The van der Waals surface area contributed by atoms with Gasteiger partial charge in [-0.1, -0.05) is 13.3 Å². The third-order valence-corrected chi connectivity index (χ3v) is 6.51. The molecule has 7 heteroatoms. The molecule has 2 aromatic carbocycles. The minimum atomic E-state index is -0.458. The van der Waals surface area contributed by atoms with Crippen molar-refractivity contribution < 1.29 is 19.1 Å². The number of nitrogens with zero attached hydrogens (tertiary/aromatic N) is 1. The van der Waals surface area contributed by atoms with Crippen molar-refractivity contribution in [1.82, 2.24) is 0 Å². The van der Waals surface area contributed by atoms with E-state index < -0.39 is 5.25 Å². The molecule has 1 saturated carbocycles. The average Bonchev–Trinajstić information content (AvgIpc) is 3.58. The van der Waals surface area contributed by atoms with E-state index in [1.165, 1.54) is 16.7 Å². The maximum Gasteiger partial charge on any atom is 0.247 e. The number of thioether (sulfide) groups is 1. The molecule has 1 atom stereocenters. The number of nitrogens with one attached hydrogen (secondary N) is 1. The van der Waals surface area contributed by atoms with E-state index in [4.69, 9.17) is 4.74 Å². The first-order valence-corrected chi connectivity index (χ1v) is 11.6. The molecular weight excluding hydrogens is 412 g/mol. The zero-order valence-electron chi connectivity index (χ0n) is 17.5. The zero-order chi connectivity index (χ0) is 21.8. The Morgan fingerprint density at radius 3 is 2.45 bits per heavy atom. The van der Waals surface area contributed by atoms with Crippen molar-refractivity contribution in [2.75, 3.05) is 16.8 Å². The summed E-state index contributed by atoms with van der Waals surface area (Å²) < 4.78 is 5.65. The lowest BCUT2D eigenvalue weighted by molar-refractivity contribution is -0.121. The fourth-order valence-electron chi connectivity index (χ4n) is 3.36. The van der Waals surface area contributed by atoms with E-state index in [0.29, 0.717) is 12.3 Å². The summed E-state index contributed by atoms with van der Waals surface area (Å²) in [6.45, 7) is 2.76. The molecule has 2 aromatic rings. The maximum absolute atomic E-state index is 12.9. The molecule has 1 unspecified atom stereocenters. The van der Waals surface area contributed by atoms with E-state index >= 15 is 0 Å². The lowest BCUT2D eigenvalue weighted by Gasteiger charge is -2.16. The van der Waals surface area contributed by atoms with E-state index in [-0.39, 0.29) is 30.1 Å². The first-order chi connectivity index (χ1) is 15.0. The Kier molecular flexibility index (Phi) is 6.61. The van der Waals surface area contributed by atoms with Gasteiger partial charge in [0.2, 0.25) is 17.7 Å². The number of carbonyl (C=O) groups excluding carboxylic acids is 3. The normalized spacial score (nSPS) is 18.4. The van der Waals surface area contributed by atoms with Crippen LogP contribution in [0.25, 0.3) is 0 Å². The second-order valence-corrected chi connectivity index (χ2v) is 9.14. The van der Waals surface area contributed by atoms with Gasteiger partial charge in [-0.15, -0.1) is 11.8 Å². The molecule has 1 N–H and O–H groups in total. The third kappa shape index (κ3) is 5.28. The van der Waals surface area contributed by atoms with Crippen LogP contribution < -0.4 is 15.0 Å². The zero-order valence-corrected chi connectivity index (χ0v) is 18.3. The van der Waals surface area contributed by atoms with Gasteiger partial charge in [0, 0.05) is 22.9 Å². The van der Waals surface area contributed by atoms with Crippen LogP contribution in [0.5, 0.6) is 5.75 Å². The highest BCUT2D eigenvalue weighted by Crippen LogP contribution is 2.35. The Balaban J connectivity index is 1.36. The molecule has 1 aliphatic heterocycles. The molecule has 2 aliphatic rings. The number of carbonyl (C=O) groups is 3. The maximum atomic E-state index is 12.9. The number of ether oxygens (including phenoxy) is 1. The van der Waals surface area contributed by atoms with E-state index in [0.717, 1.165) is 42.0 Å². The molecule has 162 valence electrons. The number of unbranched alkanes of at least 4 members (excludes halogenated alkanes) is 1. The monoisotopic (exact) mass is 438 g/mol. The van der Waals surface area contributed by atoms with Crippen molar-refractivity contribution in [3.05, 3.63) is 48.5 Å². The number of rotatable bonds is 9. The predicted molar refractivity (Wildman–Crippen MR) is 121 cm³/mol. The summed E-state index contributed by atoms with van der Waals surface area (Å²) in [5.74, 6) is 0.542. The van der Waals surface area contributed by atoms with E-state index in [9.17, 15) is 14.4 Å². The lowest BCUT2D eigenvalue weighted by atomic mass is 10.2.